The Labute approximate surface area is 197 Å². The Morgan fingerprint density at radius 3 is 2.26 bits per heavy atom. The number of nitriles is 1. The van der Waals surface area contributed by atoms with Crippen LogP contribution in [0.4, 0.5) is 0 Å². The number of hydrogen-bond donors (Lipinski definition) is 0. The van der Waals surface area contributed by atoms with Crippen molar-refractivity contribution < 1.29 is 28.7 Å². The van der Waals surface area contributed by atoms with Gasteiger partial charge in [-0.15, -0.1) is 0 Å². The molecule has 0 aliphatic carbocycles. The highest BCUT2D eigenvalue weighted by Gasteiger charge is 2.45. The van der Waals surface area contributed by atoms with E-state index in [1.165, 1.54) is 18.2 Å². The van der Waals surface area contributed by atoms with Gasteiger partial charge in [0.15, 0.2) is 0 Å². The summed E-state index contributed by atoms with van der Waals surface area (Å²) in [6, 6.07) is 13.3. The van der Waals surface area contributed by atoms with E-state index in [-0.39, 0.29) is 35.0 Å². The molecule has 8 nitrogen and oxygen atoms in total. The monoisotopic (exact) mass is 460 g/mol. The summed E-state index contributed by atoms with van der Waals surface area (Å²) in [5.41, 5.74) is 0.747. The SMILES string of the molecule is CCOC(=O)/C(C#N)=C/c1cccc(OC(=O)C(C(C)CC)N2C(=O)c3ccccc3C2=O)c1. The summed E-state index contributed by atoms with van der Waals surface area (Å²) in [6.45, 7) is 5.39. The number of hydrogen-bond acceptors (Lipinski definition) is 7. The van der Waals surface area contributed by atoms with E-state index in [2.05, 4.69) is 0 Å². The molecular weight excluding hydrogens is 436 g/mol. The van der Waals surface area contributed by atoms with Crippen LogP contribution in [0.15, 0.2) is 54.1 Å². The first-order chi connectivity index (χ1) is 16.3. The largest absolute Gasteiger partial charge is 0.462 e. The molecule has 0 bridgehead atoms. The number of nitrogens with zero attached hydrogens (tertiary/aromatic N) is 2. The van der Waals surface area contributed by atoms with E-state index in [9.17, 15) is 24.4 Å². The van der Waals surface area contributed by atoms with Gasteiger partial charge < -0.3 is 9.47 Å². The maximum atomic E-state index is 13.2. The Kier molecular flexibility index (Phi) is 7.59. The molecule has 2 unspecified atom stereocenters. The second kappa shape index (κ2) is 10.6. The predicted molar refractivity (Wildman–Crippen MR) is 122 cm³/mol. The number of carbonyl (C=O) groups excluding carboxylic acids is 4. The highest BCUT2D eigenvalue weighted by atomic mass is 16.5. The van der Waals surface area contributed by atoms with E-state index in [0.717, 1.165) is 4.90 Å². The molecule has 0 radical (unpaired) electrons. The zero-order chi connectivity index (χ0) is 24.8. The van der Waals surface area contributed by atoms with Crippen molar-refractivity contribution in [2.24, 2.45) is 5.92 Å². The molecule has 0 fully saturated rings. The first kappa shape index (κ1) is 24.4. The number of imide groups is 1. The fourth-order valence-corrected chi connectivity index (χ4v) is 3.63. The summed E-state index contributed by atoms with van der Waals surface area (Å²) < 4.78 is 10.4. The molecular formula is C26H24N2O6. The zero-order valence-electron chi connectivity index (χ0n) is 19.1. The first-order valence-electron chi connectivity index (χ1n) is 10.9. The minimum Gasteiger partial charge on any atom is -0.462 e. The second-order valence-electron chi connectivity index (χ2n) is 7.74. The van der Waals surface area contributed by atoms with Gasteiger partial charge in [0, 0.05) is 0 Å². The lowest BCUT2D eigenvalue weighted by molar-refractivity contribution is -0.140. The number of amides is 2. The van der Waals surface area contributed by atoms with Crippen molar-refractivity contribution in [2.75, 3.05) is 6.61 Å². The quantitative estimate of drug-likeness (QED) is 0.194. The molecule has 34 heavy (non-hydrogen) atoms. The predicted octanol–water partition coefficient (Wildman–Crippen LogP) is 3.77. The van der Waals surface area contributed by atoms with Crippen molar-refractivity contribution in [1.82, 2.24) is 4.90 Å². The van der Waals surface area contributed by atoms with E-state index < -0.39 is 29.8 Å². The lowest BCUT2D eigenvalue weighted by Gasteiger charge is -2.28. The molecule has 0 saturated heterocycles. The maximum Gasteiger partial charge on any atom is 0.348 e. The third-order valence-electron chi connectivity index (χ3n) is 5.53. The Balaban J connectivity index is 1.88. The summed E-state index contributed by atoms with van der Waals surface area (Å²) in [5.74, 6) is -2.79. The molecule has 0 aromatic heterocycles. The zero-order valence-corrected chi connectivity index (χ0v) is 19.1. The van der Waals surface area contributed by atoms with Crippen LogP contribution in [0.2, 0.25) is 0 Å². The number of esters is 2. The highest BCUT2D eigenvalue weighted by Crippen LogP contribution is 2.29. The van der Waals surface area contributed by atoms with Crippen LogP contribution in [0.25, 0.3) is 6.08 Å². The molecule has 8 heteroatoms. The van der Waals surface area contributed by atoms with Crippen LogP contribution in [0.3, 0.4) is 0 Å². The number of benzene rings is 2. The minimum absolute atomic E-state index is 0.129. The van der Waals surface area contributed by atoms with Gasteiger partial charge in [0.25, 0.3) is 11.8 Å². The van der Waals surface area contributed by atoms with Gasteiger partial charge in [0.2, 0.25) is 0 Å². The van der Waals surface area contributed by atoms with Crippen molar-refractivity contribution in [1.29, 1.82) is 5.26 Å². The van der Waals surface area contributed by atoms with Gasteiger partial charge in [-0.1, -0.05) is 44.5 Å². The number of fused-ring (bicyclic) bond motifs is 1. The first-order valence-corrected chi connectivity index (χ1v) is 10.9. The van der Waals surface area contributed by atoms with E-state index in [1.54, 1.807) is 56.3 Å². The molecule has 1 aliphatic heterocycles. The average molecular weight is 460 g/mol. The highest BCUT2D eigenvalue weighted by molar-refractivity contribution is 6.22. The molecule has 1 heterocycles. The molecule has 0 spiro atoms. The second-order valence-corrected chi connectivity index (χ2v) is 7.74. The summed E-state index contributed by atoms with van der Waals surface area (Å²) in [7, 11) is 0. The standard InChI is InChI=1S/C26H24N2O6/c1-4-16(3)22(28-23(29)20-11-6-7-12-21(20)24(28)30)26(32)34-19-10-8-9-17(14-19)13-18(15-27)25(31)33-5-2/h6-14,16,22H,4-5H2,1-3H3/b18-13+. The van der Waals surface area contributed by atoms with Crippen LogP contribution in [-0.2, 0) is 14.3 Å². The van der Waals surface area contributed by atoms with Gasteiger partial charge >= 0.3 is 11.9 Å². The molecule has 1 aliphatic rings. The molecule has 3 rings (SSSR count). The third-order valence-corrected chi connectivity index (χ3v) is 5.53. The third kappa shape index (κ3) is 4.89. The van der Waals surface area contributed by atoms with Crippen molar-refractivity contribution in [2.45, 2.75) is 33.2 Å². The molecule has 2 amide bonds. The van der Waals surface area contributed by atoms with Crippen molar-refractivity contribution >= 4 is 29.8 Å². The van der Waals surface area contributed by atoms with Crippen LogP contribution >= 0.6 is 0 Å². The van der Waals surface area contributed by atoms with Crippen LogP contribution in [-0.4, -0.2) is 41.3 Å². The number of ether oxygens (including phenoxy) is 2. The van der Waals surface area contributed by atoms with Crippen molar-refractivity contribution in [3.05, 3.63) is 70.8 Å². The van der Waals surface area contributed by atoms with Crippen molar-refractivity contribution in [3.8, 4) is 11.8 Å². The Morgan fingerprint density at radius 2 is 1.71 bits per heavy atom. The molecule has 2 aromatic carbocycles. The topological polar surface area (TPSA) is 114 Å². The van der Waals surface area contributed by atoms with Crippen LogP contribution in [0, 0.1) is 17.2 Å². The molecule has 0 N–H and O–H groups in total. The average Bonchev–Trinajstić information content (AvgIpc) is 3.08. The summed E-state index contributed by atoms with van der Waals surface area (Å²) in [5, 5.41) is 9.23. The Hall–Kier alpha value is -4.25. The lowest BCUT2D eigenvalue weighted by Crippen LogP contribution is -2.50. The summed E-state index contributed by atoms with van der Waals surface area (Å²) >= 11 is 0. The van der Waals surface area contributed by atoms with E-state index in [0.29, 0.717) is 12.0 Å². The van der Waals surface area contributed by atoms with E-state index in [1.807, 2.05) is 6.92 Å². The normalized spacial score (nSPS) is 14.8. The number of carbonyl (C=O) groups is 4. The van der Waals surface area contributed by atoms with Gasteiger partial charge in [-0.25, -0.2) is 9.59 Å². The fraction of sp³-hybridized carbons (Fsp3) is 0.269. The molecule has 0 saturated carbocycles. The van der Waals surface area contributed by atoms with Gasteiger partial charge in [0.1, 0.15) is 23.4 Å². The Morgan fingerprint density at radius 1 is 1.06 bits per heavy atom. The summed E-state index contributed by atoms with van der Waals surface area (Å²) in [4.78, 5) is 52.0. The fourth-order valence-electron chi connectivity index (χ4n) is 3.63. The molecule has 2 aromatic rings. The Bertz CT molecular complexity index is 1170. The van der Waals surface area contributed by atoms with Crippen LogP contribution in [0.1, 0.15) is 53.5 Å². The van der Waals surface area contributed by atoms with Gasteiger partial charge in [-0.05, 0) is 48.7 Å². The summed E-state index contributed by atoms with van der Waals surface area (Å²) in [6.07, 6.45) is 1.85. The van der Waals surface area contributed by atoms with Gasteiger partial charge in [0.05, 0.1) is 17.7 Å². The van der Waals surface area contributed by atoms with E-state index in [4.69, 9.17) is 9.47 Å². The maximum absolute atomic E-state index is 13.2. The molecule has 174 valence electrons. The van der Waals surface area contributed by atoms with Gasteiger partial charge in [-0.3, -0.25) is 14.5 Å². The van der Waals surface area contributed by atoms with Crippen LogP contribution in [0.5, 0.6) is 5.75 Å². The molecule has 2 atom stereocenters. The number of rotatable bonds is 8. The lowest BCUT2D eigenvalue weighted by atomic mass is 9.97. The van der Waals surface area contributed by atoms with Gasteiger partial charge in [-0.2, -0.15) is 5.26 Å². The minimum atomic E-state index is -1.12. The van der Waals surface area contributed by atoms with Crippen molar-refractivity contribution in [3.63, 3.8) is 0 Å². The van der Waals surface area contributed by atoms with E-state index >= 15 is 0 Å². The smallest absolute Gasteiger partial charge is 0.348 e. The van der Waals surface area contributed by atoms with Crippen LogP contribution < -0.4 is 4.74 Å².